The first-order valence-electron chi connectivity index (χ1n) is 4.77. The molecule has 0 aromatic heterocycles. The van der Waals surface area contributed by atoms with Gasteiger partial charge in [0.05, 0.1) is 11.4 Å². The molecular formula is C12H10BrN3. The topological polar surface area (TPSA) is 50.7 Å². The number of nitrogen functional groups attached to an aromatic ring is 1. The fourth-order valence-electron chi connectivity index (χ4n) is 1.20. The summed E-state index contributed by atoms with van der Waals surface area (Å²) in [4.78, 5) is 0. The lowest BCUT2D eigenvalue weighted by molar-refractivity contribution is 1.23. The molecule has 0 bridgehead atoms. The summed E-state index contributed by atoms with van der Waals surface area (Å²) < 4.78 is 1.02. The highest BCUT2D eigenvalue weighted by atomic mass is 79.9. The van der Waals surface area contributed by atoms with Gasteiger partial charge in [0.1, 0.15) is 5.69 Å². The number of azo groups is 1. The summed E-state index contributed by atoms with van der Waals surface area (Å²) >= 11 is 3.36. The maximum atomic E-state index is 5.75. The third-order valence-electron chi connectivity index (χ3n) is 2.04. The van der Waals surface area contributed by atoms with Gasteiger partial charge in [-0.05, 0) is 36.4 Å². The molecule has 4 heteroatoms. The van der Waals surface area contributed by atoms with E-state index in [1.165, 1.54) is 0 Å². The summed E-state index contributed by atoms with van der Waals surface area (Å²) in [6.07, 6.45) is 0. The van der Waals surface area contributed by atoms with Crippen LogP contribution >= 0.6 is 15.9 Å². The number of nitrogens with zero attached hydrogens (tertiary/aromatic N) is 2. The van der Waals surface area contributed by atoms with Crippen molar-refractivity contribution < 1.29 is 0 Å². The second kappa shape index (κ2) is 4.90. The Bertz CT molecular complexity index is 506. The number of rotatable bonds is 2. The Labute approximate surface area is 102 Å². The highest BCUT2D eigenvalue weighted by Gasteiger charge is 1.94. The van der Waals surface area contributed by atoms with Gasteiger partial charge in [-0.15, -0.1) is 5.11 Å². The zero-order chi connectivity index (χ0) is 11.4. The number of hydrogen-bond acceptors (Lipinski definition) is 3. The predicted molar refractivity (Wildman–Crippen MR) is 69.2 cm³/mol. The summed E-state index contributed by atoms with van der Waals surface area (Å²) in [5.41, 5.74) is 7.86. The number of para-hydroxylation sites is 1. The molecule has 2 aromatic carbocycles. The van der Waals surface area contributed by atoms with Crippen molar-refractivity contribution in [2.45, 2.75) is 0 Å². The molecule has 0 aliphatic carbocycles. The molecule has 0 saturated carbocycles. The van der Waals surface area contributed by atoms with Gasteiger partial charge < -0.3 is 5.73 Å². The maximum absolute atomic E-state index is 5.75. The lowest BCUT2D eigenvalue weighted by atomic mass is 10.3. The Kier molecular flexibility index (Phi) is 3.31. The molecule has 3 nitrogen and oxygen atoms in total. The first-order chi connectivity index (χ1) is 7.75. The van der Waals surface area contributed by atoms with Crippen LogP contribution in [0.1, 0.15) is 0 Å². The van der Waals surface area contributed by atoms with E-state index in [0.29, 0.717) is 11.4 Å². The van der Waals surface area contributed by atoms with Crippen LogP contribution in [-0.2, 0) is 0 Å². The van der Waals surface area contributed by atoms with E-state index in [1.54, 1.807) is 6.07 Å². The molecule has 0 fully saturated rings. The first-order valence-corrected chi connectivity index (χ1v) is 5.57. The Morgan fingerprint density at radius 2 is 1.56 bits per heavy atom. The zero-order valence-corrected chi connectivity index (χ0v) is 10.1. The van der Waals surface area contributed by atoms with Gasteiger partial charge in [-0.25, -0.2) is 0 Å². The van der Waals surface area contributed by atoms with Crippen molar-refractivity contribution in [2.24, 2.45) is 10.2 Å². The lowest BCUT2D eigenvalue weighted by Crippen LogP contribution is -1.82. The van der Waals surface area contributed by atoms with Crippen LogP contribution < -0.4 is 5.73 Å². The third-order valence-corrected chi connectivity index (χ3v) is 2.57. The smallest absolute Gasteiger partial charge is 0.109 e. The van der Waals surface area contributed by atoms with Crippen molar-refractivity contribution in [1.82, 2.24) is 0 Å². The quantitative estimate of drug-likeness (QED) is 0.639. The largest absolute Gasteiger partial charge is 0.397 e. The molecular weight excluding hydrogens is 266 g/mol. The first kappa shape index (κ1) is 10.8. The number of nitrogens with two attached hydrogens (primary N) is 1. The molecule has 16 heavy (non-hydrogen) atoms. The van der Waals surface area contributed by atoms with E-state index in [2.05, 4.69) is 26.2 Å². The van der Waals surface area contributed by atoms with Gasteiger partial charge in [0, 0.05) is 4.47 Å². The molecule has 0 aliphatic heterocycles. The molecule has 0 aliphatic rings. The average Bonchev–Trinajstić information content (AvgIpc) is 2.30. The van der Waals surface area contributed by atoms with E-state index in [9.17, 15) is 0 Å². The van der Waals surface area contributed by atoms with Crippen molar-refractivity contribution in [1.29, 1.82) is 0 Å². The molecule has 80 valence electrons. The highest BCUT2D eigenvalue weighted by molar-refractivity contribution is 9.10. The van der Waals surface area contributed by atoms with Gasteiger partial charge in [-0.2, -0.15) is 5.11 Å². The van der Waals surface area contributed by atoms with Gasteiger partial charge in [0.25, 0.3) is 0 Å². The Morgan fingerprint density at radius 1 is 0.875 bits per heavy atom. The van der Waals surface area contributed by atoms with Crippen LogP contribution in [0.4, 0.5) is 17.1 Å². The summed E-state index contributed by atoms with van der Waals surface area (Å²) in [7, 11) is 0. The van der Waals surface area contributed by atoms with Gasteiger partial charge >= 0.3 is 0 Å². The van der Waals surface area contributed by atoms with Crippen LogP contribution in [-0.4, -0.2) is 0 Å². The minimum absolute atomic E-state index is 0.628. The summed E-state index contributed by atoms with van der Waals surface area (Å²) in [6, 6.07) is 15.0. The van der Waals surface area contributed by atoms with Crippen LogP contribution in [0.5, 0.6) is 0 Å². The van der Waals surface area contributed by atoms with E-state index in [-0.39, 0.29) is 0 Å². The lowest BCUT2D eigenvalue weighted by Gasteiger charge is -1.97. The van der Waals surface area contributed by atoms with Crippen molar-refractivity contribution >= 4 is 33.0 Å². The van der Waals surface area contributed by atoms with E-state index in [1.807, 2.05) is 42.5 Å². The highest BCUT2D eigenvalue weighted by Crippen LogP contribution is 2.24. The number of hydrogen-bond donors (Lipinski definition) is 1. The predicted octanol–water partition coefficient (Wildman–Crippen LogP) is 4.45. The number of halogens is 1. The van der Waals surface area contributed by atoms with E-state index in [4.69, 9.17) is 5.73 Å². The van der Waals surface area contributed by atoms with E-state index < -0.39 is 0 Å². The fraction of sp³-hybridized carbons (Fsp3) is 0. The Morgan fingerprint density at radius 3 is 2.25 bits per heavy atom. The molecule has 0 unspecified atom stereocenters. The van der Waals surface area contributed by atoms with Crippen LogP contribution in [0.2, 0.25) is 0 Å². The Balaban J connectivity index is 2.21. The minimum Gasteiger partial charge on any atom is -0.397 e. The van der Waals surface area contributed by atoms with E-state index in [0.717, 1.165) is 10.2 Å². The Hall–Kier alpha value is -1.68. The molecule has 2 N–H and O–H groups in total. The molecule has 0 heterocycles. The molecule has 0 amide bonds. The number of anilines is 1. The van der Waals surface area contributed by atoms with E-state index >= 15 is 0 Å². The van der Waals surface area contributed by atoms with Crippen LogP contribution in [0, 0.1) is 0 Å². The molecule has 0 atom stereocenters. The molecule has 0 saturated heterocycles. The maximum Gasteiger partial charge on any atom is 0.109 e. The fourth-order valence-corrected chi connectivity index (χ4v) is 1.46. The summed E-state index contributed by atoms with van der Waals surface area (Å²) in [6.45, 7) is 0. The van der Waals surface area contributed by atoms with Crippen molar-refractivity contribution in [3.8, 4) is 0 Å². The van der Waals surface area contributed by atoms with Gasteiger partial charge in [0.2, 0.25) is 0 Å². The molecule has 0 radical (unpaired) electrons. The van der Waals surface area contributed by atoms with Gasteiger partial charge in [-0.3, -0.25) is 0 Å². The van der Waals surface area contributed by atoms with Crippen LogP contribution in [0.25, 0.3) is 0 Å². The molecule has 0 spiro atoms. The average molecular weight is 276 g/mol. The summed E-state index contributed by atoms with van der Waals surface area (Å²) in [5.74, 6) is 0. The van der Waals surface area contributed by atoms with Crippen LogP contribution in [0.15, 0.2) is 63.2 Å². The monoisotopic (exact) mass is 275 g/mol. The normalized spacial score (nSPS) is 10.8. The molecule has 2 aromatic rings. The standard InChI is InChI=1S/C12H10BrN3/c13-9-5-7-10(8-6-9)15-16-12-4-2-1-3-11(12)14/h1-8H,14H2. The molecule has 2 rings (SSSR count). The second-order valence-electron chi connectivity index (χ2n) is 3.24. The minimum atomic E-state index is 0.628. The third kappa shape index (κ3) is 2.67. The van der Waals surface area contributed by atoms with Gasteiger partial charge in [-0.1, -0.05) is 28.1 Å². The number of benzene rings is 2. The SMILES string of the molecule is Nc1ccccc1N=Nc1ccc(Br)cc1. The van der Waals surface area contributed by atoms with Crippen molar-refractivity contribution in [2.75, 3.05) is 5.73 Å². The summed E-state index contributed by atoms with van der Waals surface area (Å²) in [5, 5.41) is 8.19. The van der Waals surface area contributed by atoms with Gasteiger partial charge in [0.15, 0.2) is 0 Å². The zero-order valence-electron chi connectivity index (χ0n) is 8.47. The van der Waals surface area contributed by atoms with Crippen molar-refractivity contribution in [3.05, 3.63) is 53.0 Å². The second-order valence-corrected chi connectivity index (χ2v) is 4.15. The van der Waals surface area contributed by atoms with Crippen molar-refractivity contribution in [3.63, 3.8) is 0 Å². The van der Waals surface area contributed by atoms with Crippen LogP contribution in [0.3, 0.4) is 0 Å².